The molecule has 1 amide bonds. The van der Waals surface area contributed by atoms with E-state index >= 15 is 0 Å². The van der Waals surface area contributed by atoms with Crippen LogP contribution >= 0.6 is 0 Å². The number of Topliss-reactive ketones (excluding diaryl/α,β-unsaturated/α-hetero) is 1. The maximum Gasteiger partial charge on any atom is 0.300 e. The molecule has 4 aromatic rings. The van der Waals surface area contributed by atoms with E-state index in [4.69, 9.17) is 4.74 Å². The second kappa shape index (κ2) is 8.43. The molecule has 1 N–H and O–H groups in total. The first-order chi connectivity index (χ1) is 16.8. The number of aromatic nitrogens is 1. The summed E-state index contributed by atoms with van der Waals surface area (Å²) < 4.78 is 21.1. The van der Waals surface area contributed by atoms with Crippen LogP contribution in [0.15, 0.2) is 78.5 Å². The van der Waals surface area contributed by atoms with Gasteiger partial charge in [0, 0.05) is 41.0 Å². The second-order valence-electron chi connectivity index (χ2n) is 8.54. The zero-order valence-corrected chi connectivity index (χ0v) is 19.4. The van der Waals surface area contributed by atoms with E-state index in [-0.39, 0.29) is 16.9 Å². The van der Waals surface area contributed by atoms with Crippen molar-refractivity contribution in [2.24, 2.45) is 7.05 Å². The summed E-state index contributed by atoms with van der Waals surface area (Å²) in [6.07, 6.45) is 1.86. The van der Waals surface area contributed by atoms with Gasteiger partial charge in [0.25, 0.3) is 11.7 Å². The number of amides is 1. The summed E-state index contributed by atoms with van der Waals surface area (Å²) in [6.45, 7) is 1.57. The third-order valence-electron chi connectivity index (χ3n) is 6.45. The van der Waals surface area contributed by atoms with Crippen LogP contribution in [0.3, 0.4) is 0 Å². The zero-order valence-electron chi connectivity index (χ0n) is 19.4. The van der Waals surface area contributed by atoms with E-state index in [1.807, 2.05) is 42.1 Å². The van der Waals surface area contributed by atoms with Gasteiger partial charge < -0.3 is 14.4 Å². The number of fused-ring (bicyclic) bond motifs is 1. The molecule has 1 aromatic heterocycles. The van der Waals surface area contributed by atoms with Crippen molar-refractivity contribution in [2.75, 3.05) is 12.0 Å². The van der Waals surface area contributed by atoms with Crippen LogP contribution in [0, 0.1) is 12.7 Å². The van der Waals surface area contributed by atoms with Crippen LogP contribution in [0.25, 0.3) is 16.7 Å². The number of hydrogen-bond donors (Lipinski definition) is 1. The van der Waals surface area contributed by atoms with Crippen molar-refractivity contribution in [2.45, 2.75) is 13.0 Å². The van der Waals surface area contributed by atoms with Crippen LogP contribution in [-0.2, 0) is 16.6 Å². The maximum atomic E-state index is 13.9. The summed E-state index contributed by atoms with van der Waals surface area (Å²) >= 11 is 0. The van der Waals surface area contributed by atoms with Crippen molar-refractivity contribution < 1.29 is 23.8 Å². The number of hydrogen-bond acceptors (Lipinski definition) is 4. The molecule has 1 aliphatic rings. The predicted molar refractivity (Wildman–Crippen MR) is 132 cm³/mol. The van der Waals surface area contributed by atoms with Crippen LogP contribution in [0.2, 0.25) is 0 Å². The highest BCUT2D eigenvalue weighted by atomic mass is 19.1. The monoisotopic (exact) mass is 470 g/mol. The molecule has 1 saturated heterocycles. The molecule has 0 radical (unpaired) electrons. The first kappa shape index (κ1) is 22.4. The normalized spacial score (nSPS) is 17.4. The molecular weight excluding hydrogens is 447 g/mol. The average molecular weight is 471 g/mol. The number of carbonyl (C=O) groups excluding carboxylic acids is 2. The molecule has 3 aromatic carbocycles. The van der Waals surface area contributed by atoms with Crippen LogP contribution in [-0.4, -0.2) is 28.5 Å². The molecule has 1 unspecified atom stereocenters. The molecule has 0 aliphatic carbocycles. The van der Waals surface area contributed by atoms with E-state index in [1.54, 1.807) is 38.3 Å². The number of nitrogens with zero attached hydrogens (tertiary/aromatic N) is 2. The summed E-state index contributed by atoms with van der Waals surface area (Å²) in [6, 6.07) is 17.7. The predicted octanol–water partition coefficient (Wildman–Crippen LogP) is 5.26. The van der Waals surface area contributed by atoms with Crippen molar-refractivity contribution >= 4 is 34.0 Å². The van der Waals surface area contributed by atoms with Gasteiger partial charge in [-0.2, -0.15) is 0 Å². The Morgan fingerprint density at radius 1 is 1.03 bits per heavy atom. The largest absolute Gasteiger partial charge is 0.507 e. The highest BCUT2D eigenvalue weighted by Gasteiger charge is 2.47. The number of aliphatic hydroxyl groups excluding tert-OH is 1. The topological polar surface area (TPSA) is 71.8 Å². The number of benzene rings is 3. The molecule has 5 rings (SSSR count). The lowest BCUT2D eigenvalue weighted by Crippen LogP contribution is -2.29. The lowest BCUT2D eigenvalue weighted by molar-refractivity contribution is -0.132. The Morgan fingerprint density at radius 3 is 2.43 bits per heavy atom. The number of methoxy groups -OCH3 is 1. The Bertz CT molecular complexity index is 1520. The van der Waals surface area contributed by atoms with E-state index in [1.165, 1.54) is 23.1 Å². The Balaban J connectivity index is 1.79. The number of rotatable bonds is 4. The fraction of sp³-hybridized carbons (Fsp3) is 0.143. The number of halogens is 1. The van der Waals surface area contributed by atoms with Gasteiger partial charge in [-0.15, -0.1) is 0 Å². The second-order valence-corrected chi connectivity index (χ2v) is 8.54. The van der Waals surface area contributed by atoms with Gasteiger partial charge in [0.05, 0.1) is 18.7 Å². The van der Waals surface area contributed by atoms with E-state index < -0.39 is 23.5 Å². The maximum absolute atomic E-state index is 13.9. The summed E-state index contributed by atoms with van der Waals surface area (Å²) in [4.78, 5) is 28.2. The first-order valence-corrected chi connectivity index (χ1v) is 11.1. The number of aryl methyl sites for hydroxylation is 2. The molecule has 0 bridgehead atoms. The summed E-state index contributed by atoms with van der Waals surface area (Å²) in [5.41, 5.74) is 2.63. The van der Waals surface area contributed by atoms with Crippen LogP contribution in [0.4, 0.5) is 10.1 Å². The van der Waals surface area contributed by atoms with Crippen LogP contribution in [0.1, 0.15) is 22.7 Å². The van der Waals surface area contributed by atoms with Crippen molar-refractivity contribution in [1.29, 1.82) is 0 Å². The zero-order chi connectivity index (χ0) is 24.9. The molecule has 6 nitrogen and oxygen atoms in total. The molecule has 2 heterocycles. The number of para-hydroxylation sites is 1. The van der Waals surface area contributed by atoms with Gasteiger partial charge >= 0.3 is 0 Å². The Morgan fingerprint density at radius 2 is 1.74 bits per heavy atom. The minimum Gasteiger partial charge on any atom is -0.507 e. The number of aliphatic hydroxyl groups is 1. The van der Waals surface area contributed by atoms with Gasteiger partial charge in [0.1, 0.15) is 17.3 Å². The highest BCUT2D eigenvalue weighted by Crippen LogP contribution is 2.44. The number of ether oxygens (including phenoxy) is 1. The number of carbonyl (C=O) groups is 2. The molecule has 0 saturated carbocycles. The fourth-order valence-electron chi connectivity index (χ4n) is 4.67. The molecule has 176 valence electrons. The molecule has 1 fully saturated rings. The Hall–Kier alpha value is -4.39. The van der Waals surface area contributed by atoms with E-state index in [2.05, 4.69) is 0 Å². The highest BCUT2D eigenvalue weighted by molar-refractivity contribution is 6.51. The minimum absolute atomic E-state index is 0.0480. The molecular formula is C28H23FN2O4. The standard InChI is InChI=1S/C28H23FN2O4/c1-16-14-17(8-13-22(16)29)26(32)24-25(21-15-30(2)23-7-5-4-6-20(21)23)31(28(34)27(24)33)18-9-11-19(35-3)12-10-18/h4-15,25,32H,1-3H3/b26-24+. The molecule has 7 heteroatoms. The molecule has 35 heavy (non-hydrogen) atoms. The van der Waals surface area contributed by atoms with Gasteiger partial charge in [-0.1, -0.05) is 18.2 Å². The van der Waals surface area contributed by atoms with Crippen LogP contribution < -0.4 is 9.64 Å². The van der Waals surface area contributed by atoms with Crippen molar-refractivity contribution in [3.8, 4) is 5.75 Å². The quantitative estimate of drug-likeness (QED) is 0.251. The Labute approximate surface area is 201 Å². The Kier molecular flexibility index (Phi) is 5.40. The summed E-state index contributed by atoms with van der Waals surface area (Å²) in [5.74, 6) is -1.73. The number of anilines is 1. The van der Waals surface area contributed by atoms with Crippen molar-refractivity contribution in [1.82, 2.24) is 4.57 Å². The third kappa shape index (κ3) is 3.56. The van der Waals surface area contributed by atoms with E-state index in [0.717, 1.165) is 10.9 Å². The lowest BCUT2D eigenvalue weighted by atomic mass is 9.94. The number of ketones is 1. The van der Waals surface area contributed by atoms with Crippen molar-refractivity contribution in [3.63, 3.8) is 0 Å². The summed E-state index contributed by atoms with van der Waals surface area (Å²) in [7, 11) is 3.43. The van der Waals surface area contributed by atoms with Crippen LogP contribution in [0.5, 0.6) is 5.75 Å². The first-order valence-electron chi connectivity index (χ1n) is 11.1. The molecule has 0 spiro atoms. The van der Waals surface area contributed by atoms with Crippen molar-refractivity contribution in [3.05, 3.63) is 101 Å². The molecule has 1 aliphatic heterocycles. The average Bonchev–Trinajstić information content (AvgIpc) is 3.34. The molecule has 1 atom stereocenters. The third-order valence-corrected chi connectivity index (χ3v) is 6.45. The van der Waals surface area contributed by atoms with E-state index in [9.17, 15) is 19.1 Å². The van der Waals surface area contributed by atoms with Gasteiger partial charge in [0.2, 0.25) is 0 Å². The SMILES string of the molecule is COc1ccc(N2C(=O)C(=O)/C(=C(/O)c3ccc(F)c(C)c3)C2c2cn(C)c3ccccc23)cc1. The van der Waals surface area contributed by atoms with E-state index in [0.29, 0.717) is 22.6 Å². The van der Waals surface area contributed by atoms with Gasteiger partial charge in [-0.05, 0) is 61.0 Å². The van der Waals surface area contributed by atoms with Gasteiger partial charge in [0.15, 0.2) is 0 Å². The minimum atomic E-state index is -0.889. The van der Waals surface area contributed by atoms with Gasteiger partial charge in [-0.3, -0.25) is 14.5 Å². The van der Waals surface area contributed by atoms with Gasteiger partial charge in [-0.25, -0.2) is 4.39 Å². The smallest absolute Gasteiger partial charge is 0.300 e. The fourth-order valence-corrected chi connectivity index (χ4v) is 4.67. The lowest BCUT2D eigenvalue weighted by Gasteiger charge is -2.25. The summed E-state index contributed by atoms with van der Waals surface area (Å²) in [5, 5.41) is 12.2.